The molecule has 0 amide bonds. The lowest BCUT2D eigenvalue weighted by Gasteiger charge is -2.10. The number of halogens is 1. The fourth-order valence-electron chi connectivity index (χ4n) is 2.47. The molecular formula is C12H16ClN. The number of likely N-dealkylation sites (N-methyl/N-ethyl adjacent to an activating group) is 1. The summed E-state index contributed by atoms with van der Waals surface area (Å²) in [6.07, 6.45) is 1.25. The zero-order chi connectivity index (χ0) is 10.1. The molecule has 2 heteroatoms. The van der Waals surface area contributed by atoms with Gasteiger partial charge in [0.25, 0.3) is 0 Å². The van der Waals surface area contributed by atoms with Gasteiger partial charge in [0.1, 0.15) is 0 Å². The first-order valence-corrected chi connectivity index (χ1v) is 5.54. The van der Waals surface area contributed by atoms with Gasteiger partial charge in [-0.05, 0) is 48.6 Å². The molecule has 1 aliphatic rings. The highest BCUT2D eigenvalue weighted by atomic mass is 35.5. The average Bonchev–Trinajstić information content (AvgIpc) is 2.44. The van der Waals surface area contributed by atoms with E-state index in [1.807, 2.05) is 13.1 Å². The highest BCUT2D eigenvalue weighted by Gasteiger charge is 2.27. The van der Waals surface area contributed by atoms with Crippen LogP contribution in [0, 0.1) is 0 Å². The third kappa shape index (κ3) is 1.67. The number of nitrogens with one attached hydrogen (secondary N) is 1. The second-order valence-corrected chi connectivity index (χ2v) is 4.60. The number of fused-ring (bicyclic) bond motifs is 1. The summed E-state index contributed by atoms with van der Waals surface area (Å²) in [4.78, 5) is 0. The monoisotopic (exact) mass is 209 g/mol. The van der Waals surface area contributed by atoms with Gasteiger partial charge in [-0.2, -0.15) is 0 Å². The Kier molecular flexibility index (Phi) is 2.80. The maximum Gasteiger partial charge on any atom is 0.0409 e. The normalized spacial score (nSPS) is 25.1. The van der Waals surface area contributed by atoms with Crippen LogP contribution < -0.4 is 5.32 Å². The molecule has 2 atom stereocenters. The van der Waals surface area contributed by atoms with E-state index >= 15 is 0 Å². The third-order valence-electron chi connectivity index (χ3n) is 3.11. The summed E-state index contributed by atoms with van der Waals surface area (Å²) >= 11 is 6.02. The van der Waals surface area contributed by atoms with Gasteiger partial charge in [-0.3, -0.25) is 0 Å². The van der Waals surface area contributed by atoms with Gasteiger partial charge in [-0.1, -0.05) is 24.6 Å². The van der Waals surface area contributed by atoms with Crippen molar-refractivity contribution in [2.75, 3.05) is 13.6 Å². The molecule has 1 aromatic rings. The van der Waals surface area contributed by atoms with Gasteiger partial charge in [0.05, 0.1) is 0 Å². The molecule has 0 fully saturated rings. The fourth-order valence-corrected chi connectivity index (χ4v) is 2.65. The zero-order valence-corrected chi connectivity index (χ0v) is 9.43. The molecule has 0 radical (unpaired) electrons. The van der Waals surface area contributed by atoms with Crippen molar-refractivity contribution in [3.8, 4) is 0 Å². The van der Waals surface area contributed by atoms with E-state index in [0.717, 1.165) is 11.6 Å². The van der Waals surface area contributed by atoms with Gasteiger partial charge >= 0.3 is 0 Å². The lowest BCUT2D eigenvalue weighted by Crippen LogP contribution is -2.15. The molecule has 0 heterocycles. The van der Waals surface area contributed by atoms with E-state index in [0.29, 0.717) is 11.8 Å². The van der Waals surface area contributed by atoms with Crippen molar-refractivity contribution in [1.29, 1.82) is 0 Å². The molecular weight excluding hydrogens is 194 g/mol. The van der Waals surface area contributed by atoms with Crippen LogP contribution in [0.4, 0.5) is 0 Å². The van der Waals surface area contributed by atoms with Gasteiger partial charge in [0.2, 0.25) is 0 Å². The molecule has 2 unspecified atom stereocenters. The molecule has 0 spiro atoms. The van der Waals surface area contributed by atoms with E-state index in [1.165, 1.54) is 17.5 Å². The van der Waals surface area contributed by atoms with Crippen molar-refractivity contribution >= 4 is 11.6 Å². The predicted molar refractivity (Wildman–Crippen MR) is 61.2 cm³/mol. The van der Waals surface area contributed by atoms with Crippen LogP contribution in [-0.2, 0) is 0 Å². The second-order valence-electron chi connectivity index (χ2n) is 4.16. The van der Waals surface area contributed by atoms with Crippen LogP contribution in [-0.4, -0.2) is 13.6 Å². The van der Waals surface area contributed by atoms with Crippen LogP contribution >= 0.6 is 11.6 Å². The Morgan fingerprint density at radius 3 is 2.93 bits per heavy atom. The first-order chi connectivity index (χ1) is 6.72. The average molecular weight is 210 g/mol. The van der Waals surface area contributed by atoms with Gasteiger partial charge in [0, 0.05) is 11.6 Å². The minimum absolute atomic E-state index is 0.642. The van der Waals surface area contributed by atoms with Crippen molar-refractivity contribution in [2.24, 2.45) is 0 Å². The quantitative estimate of drug-likeness (QED) is 0.789. The standard InChI is InChI=1S/C12H16ClN/c1-8-5-9(7-14-2)12-6-10(13)3-4-11(8)12/h3-4,6,8-9,14H,5,7H2,1-2H3. The minimum Gasteiger partial charge on any atom is -0.319 e. The number of hydrogen-bond acceptors (Lipinski definition) is 1. The zero-order valence-electron chi connectivity index (χ0n) is 8.68. The van der Waals surface area contributed by atoms with Gasteiger partial charge in [-0.15, -0.1) is 0 Å². The first-order valence-electron chi connectivity index (χ1n) is 5.16. The second kappa shape index (κ2) is 3.92. The van der Waals surface area contributed by atoms with Gasteiger partial charge in [0.15, 0.2) is 0 Å². The Hall–Kier alpha value is -0.530. The van der Waals surface area contributed by atoms with Crippen LogP contribution in [0.2, 0.25) is 5.02 Å². The van der Waals surface area contributed by atoms with E-state index in [-0.39, 0.29) is 0 Å². The van der Waals surface area contributed by atoms with Crippen molar-refractivity contribution in [2.45, 2.75) is 25.2 Å². The summed E-state index contributed by atoms with van der Waals surface area (Å²) in [6, 6.07) is 6.30. The van der Waals surface area contributed by atoms with E-state index in [4.69, 9.17) is 11.6 Å². The molecule has 76 valence electrons. The summed E-state index contributed by atoms with van der Waals surface area (Å²) in [7, 11) is 2.01. The smallest absolute Gasteiger partial charge is 0.0409 e. The molecule has 1 nitrogen and oxygen atoms in total. The van der Waals surface area contributed by atoms with Crippen molar-refractivity contribution < 1.29 is 0 Å². The van der Waals surface area contributed by atoms with Crippen molar-refractivity contribution in [3.63, 3.8) is 0 Å². The molecule has 0 saturated heterocycles. The number of hydrogen-bond donors (Lipinski definition) is 1. The van der Waals surface area contributed by atoms with E-state index in [9.17, 15) is 0 Å². The Morgan fingerprint density at radius 2 is 2.21 bits per heavy atom. The van der Waals surface area contributed by atoms with E-state index < -0.39 is 0 Å². The molecule has 0 aromatic heterocycles. The fraction of sp³-hybridized carbons (Fsp3) is 0.500. The molecule has 1 aromatic carbocycles. The molecule has 2 rings (SSSR count). The molecule has 1 aliphatic carbocycles. The SMILES string of the molecule is CNCC1CC(C)c2ccc(Cl)cc21. The lowest BCUT2D eigenvalue weighted by molar-refractivity contribution is 0.584. The van der Waals surface area contributed by atoms with Gasteiger partial charge < -0.3 is 5.32 Å². The van der Waals surface area contributed by atoms with E-state index in [1.54, 1.807) is 0 Å². The van der Waals surface area contributed by atoms with Crippen LogP contribution in [0.3, 0.4) is 0 Å². The molecule has 0 bridgehead atoms. The van der Waals surface area contributed by atoms with E-state index in [2.05, 4.69) is 24.4 Å². The van der Waals surface area contributed by atoms with Crippen LogP contribution in [0.1, 0.15) is 36.3 Å². The van der Waals surface area contributed by atoms with Crippen LogP contribution in [0.15, 0.2) is 18.2 Å². The number of benzene rings is 1. The van der Waals surface area contributed by atoms with Gasteiger partial charge in [-0.25, -0.2) is 0 Å². The predicted octanol–water partition coefficient (Wildman–Crippen LogP) is 3.15. The Morgan fingerprint density at radius 1 is 1.43 bits per heavy atom. The summed E-state index contributed by atoms with van der Waals surface area (Å²) in [5.41, 5.74) is 2.93. The Balaban J connectivity index is 2.35. The summed E-state index contributed by atoms with van der Waals surface area (Å²) < 4.78 is 0. The highest BCUT2D eigenvalue weighted by molar-refractivity contribution is 6.30. The van der Waals surface area contributed by atoms with Crippen molar-refractivity contribution in [3.05, 3.63) is 34.3 Å². The summed E-state index contributed by atoms with van der Waals surface area (Å²) in [6.45, 7) is 3.35. The topological polar surface area (TPSA) is 12.0 Å². The minimum atomic E-state index is 0.642. The van der Waals surface area contributed by atoms with Crippen molar-refractivity contribution in [1.82, 2.24) is 5.32 Å². The largest absolute Gasteiger partial charge is 0.319 e. The highest BCUT2D eigenvalue weighted by Crippen LogP contribution is 2.41. The first kappa shape index (κ1) is 10.0. The van der Waals surface area contributed by atoms with Crippen LogP contribution in [0.5, 0.6) is 0 Å². The lowest BCUT2D eigenvalue weighted by atomic mass is 10.0. The molecule has 0 saturated carbocycles. The maximum atomic E-state index is 6.02. The van der Waals surface area contributed by atoms with Crippen LogP contribution in [0.25, 0.3) is 0 Å². The number of rotatable bonds is 2. The molecule has 14 heavy (non-hydrogen) atoms. The Labute approximate surface area is 90.5 Å². The third-order valence-corrected chi connectivity index (χ3v) is 3.34. The molecule has 0 aliphatic heterocycles. The summed E-state index contributed by atoms with van der Waals surface area (Å²) in [5.74, 6) is 1.32. The maximum absolute atomic E-state index is 6.02. The summed E-state index contributed by atoms with van der Waals surface area (Å²) in [5, 5.41) is 4.11. The molecule has 1 N–H and O–H groups in total. The Bertz CT molecular complexity index is 335.